The molecule has 2 aliphatic heterocycles. The zero-order valence-electron chi connectivity index (χ0n) is 22.0. The van der Waals surface area contributed by atoms with E-state index in [1.807, 2.05) is 37.3 Å². The van der Waals surface area contributed by atoms with Crippen LogP contribution in [0.2, 0.25) is 0 Å². The molecule has 10 heteroatoms. The molecular weight excluding hydrogens is 509 g/mol. The van der Waals surface area contributed by atoms with Crippen molar-refractivity contribution in [3.63, 3.8) is 0 Å². The first-order valence-corrected chi connectivity index (χ1v) is 13.5. The zero-order valence-corrected chi connectivity index (χ0v) is 22.0. The zero-order chi connectivity index (χ0) is 27.4. The number of anilines is 2. The first-order chi connectivity index (χ1) is 18.8. The van der Waals surface area contributed by atoms with Crippen molar-refractivity contribution in [1.82, 2.24) is 9.97 Å². The molecule has 2 aliphatic rings. The molecule has 0 saturated carbocycles. The third kappa shape index (κ3) is 6.79. The minimum absolute atomic E-state index is 0.137. The van der Waals surface area contributed by atoms with Gasteiger partial charge in [-0.3, -0.25) is 4.79 Å². The van der Waals surface area contributed by atoms with Gasteiger partial charge in [0, 0.05) is 38.8 Å². The number of hydrogen-bond donors (Lipinski definition) is 0. The van der Waals surface area contributed by atoms with Crippen molar-refractivity contribution in [2.24, 2.45) is 5.92 Å². The van der Waals surface area contributed by atoms with E-state index in [2.05, 4.69) is 14.9 Å². The number of oxazole rings is 1. The van der Waals surface area contributed by atoms with Crippen LogP contribution in [-0.4, -0.2) is 48.0 Å². The molecule has 1 aromatic carbocycles. The van der Waals surface area contributed by atoms with Crippen LogP contribution in [0.4, 0.5) is 25.0 Å². The number of benzene rings is 1. The molecule has 7 nitrogen and oxygen atoms in total. The van der Waals surface area contributed by atoms with Crippen molar-refractivity contribution in [3.05, 3.63) is 71.2 Å². The van der Waals surface area contributed by atoms with Crippen molar-refractivity contribution in [2.75, 3.05) is 36.0 Å². The Morgan fingerprint density at radius 3 is 2.46 bits per heavy atom. The lowest BCUT2D eigenvalue weighted by Gasteiger charge is -2.32. The van der Waals surface area contributed by atoms with Crippen LogP contribution in [-0.2, 0) is 23.9 Å². The monoisotopic (exact) mass is 542 g/mol. The van der Waals surface area contributed by atoms with Crippen molar-refractivity contribution in [1.29, 1.82) is 0 Å². The number of nitrogens with zero attached hydrogens (tertiary/aromatic N) is 4. The molecule has 2 saturated heterocycles. The Balaban J connectivity index is 1.18. The molecule has 5 rings (SSSR count). The van der Waals surface area contributed by atoms with Crippen LogP contribution >= 0.6 is 0 Å². The molecule has 1 atom stereocenters. The summed E-state index contributed by atoms with van der Waals surface area (Å²) in [6.45, 7) is 5.30. The van der Waals surface area contributed by atoms with Crippen LogP contribution in [0.15, 0.2) is 53.1 Å². The Labute approximate surface area is 226 Å². The maximum absolute atomic E-state index is 13.7. The minimum Gasteiger partial charge on any atom is -0.420 e. The average molecular weight is 543 g/mol. The summed E-state index contributed by atoms with van der Waals surface area (Å²) < 4.78 is 52.6. The molecular formula is C29H33F3N4O3. The fourth-order valence-corrected chi connectivity index (χ4v) is 5.20. The number of ketones is 1. The third-order valence-electron chi connectivity index (χ3n) is 7.33. The number of alkyl halides is 3. The van der Waals surface area contributed by atoms with Crippen LogP contribution in [0, 0.1) is 5.92 Å². The highest BCUT2D eigenvalue weighted by molar-refractivity contribution is 5.96. The van der Waals surface area contributed by atoms with Crippen molar-refractivity contribution in [3.8, 4) is 0 Å². The smallest absolute Gasteiger partial charge is 0.420 e. The van der Waals surface area contributed by atoms with E-state index in [1.54, 1.807) is 23.2 Å². The molecule has 0 bridgehead atoms. The Morgan fingerprint density at radius 2 is 1.79 bits per heavy atom. The number of halogens is 3. The molecule has 0 N–H and O–H groups in total. The van der Waals surface area contributed by atoms with E-state index < -0.39 is 23.4 Å². The number of ether oxygens (including phenoxy) is 1. The molecule has 208 valence electrons. The lowest BCUT2D eigenvalue weighted by Crippen LogP contribution is -2.37. The van der Waals surface area contributed by atoms with Gasteiger partial charge in [-0.05, 0) is 48.8 Å². The number of carbonyl (C=O) groups is 1. The number of carbonyl (C=O) groups excluding carboxylic acids is 1. The van der Waals surface area contributed by atoms with Gasteiger partial charge in [0.1, 0.15) is 5.82 Å². The van der Waals surface area contributed by atoms with E-state index >= 15 is 0 Å². The quantitative estimate of drug-likeness (QED) is 0.327. The van der Waals surface area contributed by atoms with Gasteiger partial charge in [-0.2, -0.15) is 18.2 Å². The van der Waals surface area contributed by atoms with Gasteiger partial charge in [-0.25, -0.2) is 4.98 Å². The summed E-state index contributed by atoms with van der Waals surface area (Å²) in [6, 6.07) is 13.5. The molecule has 0 amide bonds. The highest BCUT2D eigenvalue weighted by Crippen LogP contribution is 2.35. The van der Waals surface area contributed by atoms with E-state index in [0.717, 1.165) is 50.2 Å². The molecule has 1 unspecified atom stereocenters. The van der Waals surface area contributed by atoms with Gasteiger partial charge in [0.2, 0.25) is 11.5 Å². The van der Waals surface area contributed by atoms with E-state index in [4.69, 9.17) is 9.15 Å². The highest BCUT2D eigenvalue weighted by Gasteiger charge is 2.42. The fourth-order valence-electron chi connectivity index (χ4n) is 5.20. The maximum Gasteiger partial charge on any atom is 0.437 e. The standard InChI is InChI=1S/C29H33F3N4O3/c1-20-6-5-13-36(18-20)28-34-27(29(30,31)32)26(39-28)24(37)16-22-9-10-25(33-17-22)35-14-11-23(12-15-35)38-19-21-7-3-2-4-8-21/h2-4,7-10,17,20,23H,5-6,11-16,18-19H2,1H3. The lowest BCUT2D eigenvalue weighted by atomic mass is 10.0. The fraction of sp³-hybridized carbons (Fsp3) is 0.483. The van der Waals surface area contributed by atoms with Crippen LogP contribution in [0.1, 0.15) is 60.0 Å². The Morgan fingerprint density at radius 1 is 1.03 bits per heavy atom. The number of rotatable bonds is 8. The number of hydrogen-bond acceptors (Lipinski definition) is 7. The second-order valence-electron chi connectivity index (χ2n) is 10.5. The SMILES string of the molecule is CC1CCCN(c2nc(C(F)(F)F)c(C(=O)Cc3ccc(N4CCC(OCc5ccccc5)CC4)nc3)o2)C1. The first kappa shape index (κ1) is 27.2. The van der Waals surface area contributed by atoms with Gasteiger partial charge < -0.3 is 19.0 Å². The minimum atomic E-state index is -4.78. The lowest BCUT2D eigenvalue weighted by molar-refractivity contribution is -0.141. The van der Waals surface area contributed by atoms with Crippen LogP contribution < -0.4 is 9.80 Å². The van der Waals surface area contributed by atoms with Gasteiger partial charge >= 0.3 is 6.18 Å². The van der Waals surface area contributed by atoms with Gasteiger partial charge in [-0.15, -0.1) is 0 Å². The normalized spacial score (nSPS) is 18.9. The van der Waals surface area contributed by atoms with Crippen molar-refractivity contribution >= 4 is 17.6 Å². The van der Waals surface area contributed by atoms with Gasteiger partial charge in [0.25, 0.3) is 6.01 Å². The average Bonchev–Trinajstić information content (AvgIpc) is 3.40. The second kappa shape index (κ2) is 11.8. The van der Waals surface area contributed by atoms with E-state index in [1.165, 1.54) is 0 Å². The summed E-state index contributed by atoms with van der Waals surface area (Å²) in [4.78, 5) is 24.9. The van der Waals surface area contributed by atoms with Crippen LogP contribution in [0.25, 0.3) is 0 Å². The number of Topliss-reactive ketones (excluding diaryl/α,β-unsaturated/α-hetero) is 1. The van der Waals surface area contributed by atoms with Gasteiger partial charge in [-0.1, -0.05) is 43.3 Å². The predicted molar refractivity (Wildman–Crippen MR) is 141 cm³/mol. The molecule has 2 fully saturated rings. The first-order valence-electron chi connectivity index (χ1n) is 13.5. The Hall–Kier alpha value is -3.40. The molecule has 4 heterocycles. The number of pyridine rings is 1. The summed E-state index contributed by atoms with van der Waals surface area (Å²) in [5.74, 6) is -0.421. The summed E-state index contributed by atoms with van der Waals surface area (Å²) in [5.41, 5.74) is 0.405. The van der Waals surface area contributed by atoms with Gasteiger partial charge in [0.15, 0.2) is 5.69 Å². The number of piperidine rings is 2. The molecule has 39 heavy (non-hydrogen) atoms. The Kier molecular flexibility index (Phi) is 8.20. The van der Waals surface area contributed by atoms with E-state index in [0.29, 0.717) is 31.2 Å². The molecule has 0 radical (unpaired) electrons. The van der Waals surface area contributed by atoms with Crippen LogP contribution in [0.5, 0.6) is 0 Å². The summed E-state index contributed by atoms with van der Waals surface area (Å²) >= 11 is 0. The predicted octanol–water partition coefficient (Wildman–Crippen LogP) is 5.94. The maximum atomic E-state index is 13.7. The summed E-state index contributed by atoms with van der Waals surface area (Å²) in [5, 5.41) is 0. The molecule has 0 spiro atoms. The van der Waals surface area contributed by atoms with E-state index in [-0.39, 0.29) is 18.5 Å². The van der Waals surface area contributed by atoms with Crippen molar-refractivity contribution < 1.29 is 27.1 Å². The summed E-state index contributed by atoms with van der Waals surface area (Å²) in [6.07, 6.45) is 0.271. The molecule has 3 aromatic rings. The largest absolute Gasteiger partial charge is 0.437 e. The molecule has 0 aliphatic carbocycles. The van der Waals surface area contributed by atoms with Crippen LogP contribution in [0.3, 0.4) is 0 Å². The highest BCUT2D eigenvalue weighted by atomic mass is 19.4. The third-order valence-corrected chi connectivity index (χ3v) is 7.33. The molecule has 2 aromatic heterocycles. The topological polar surface area (TPSA) is 71.7 Å². The van der Waals surface area contributed by atoms with Gasteiger partial charge in [0.05, 0.1) is 12.7 Å². The second-order valence-corrected chi connectivity index (χ2v) is 10.5. The van der Waals surface area contributed by atoms with E-state index in [9.17, 15) is 18.0 Å². The van der Waals surface area contributed by atoms with Crippen molar-refractivity contribution in [2.45, 2.75) is 57.9 Å². The Bertz CT molecular complexity index is 1240. The number of aromatic nitrogens is 2. The summed E-state index contributed by atoms with van der Waals surface area (Å²) in [7, 11) is 0.